The molecule has 4 nitrogen and oxygen atoms in total. The Morgan fingerprint density at radius 3 is 2.22 bits per heavy atom. The number of amides is 1. The molecule has 176 valence electrons. The highest BCUT2D eigenvalue weighted by molar-refractivity contribution is 5.84. The van der Waals surface area contributed by atoms with Crippen LogP contribution in [0.1, 0.15) is 95.1 Å². The number of nitrogens with zero attached hydrogens (tertiary/aromatic N) is 1. The lowest BCUT2D eigenvalue weighted by atomic mass is 9.93. The fraction of sp³-hybridized carbons (Fsp3) is 0.571. The Morgan fingerprint density at radius 1 is 0.906 bits per heavy atom. The predicted molar refractivity (Wildman–Crippen MR) is 131 cm³/mol. The molecule has 0 fully saturated rings. The molecular formula is C28H41NO3. The highest BCUT2D eigenvalue weighted by Gasteiger charge is 2.33. The van der Waals surface area contributed by atoms with Crippen molar-refractivity contribution in [1.82, 2.24) is 4.90 Å². The van der Waals surface area contributed by atoms with Gasteiger partial charge in [0.15, 0.2) is 0 Å². The summed E-state index contributed by atoms with van der Waals surface area (Å²) in [6, 6.07) is 7.09. The van der Waals surface area contributed by atoms with E-state index in [1.54, 1.807) is 4.90 Å². The van der Waals surface area contributed by atoms with Crippen molar-refractivity contribution in [3.8, 4) is 0 Å². The van der Waals surface area contributed by atoms with Gasteiger partial charge in [-0.25, -0.2) is 4.79 Å². The number of benzene rings is 1. The molecule has 1 heterocycles. The summed E-state index contributed by atoms with van der Waals surface area (Å²) in [5, 5.41) is 9.58. The molecule has 0 spiro atoms. The molecule has 0 radical (unpaired) electrons. The normalized spacial score (nSPS) is 16.0. The topological polar surface area (TPSA) is 57.6 Å². The molecule has 2 rings (SSSR count). The first-order valence-corrected chi connectivity index (χ1v) is 12.5. The molecule has 1 atom stereocenters. The molecule has 1 amide bonds. The third kappa shape index (κ3) is 9.42. The van der Waals surface area contributed by atoms with Crippen molar-refractivity contribution in [3.63, 3.8) is 0 Å². The monoisotopic (exact) mass is 439 g/mol. The zero-order valence-corrected chi connectivity index (χ0v) is 19.8. The Kier molecular flexibility index (Phi) is 12.5. The van der Waals surface area contributed by atoms with Crippen LogP contribution in [0, 0.1) is 0 Å². The average molecular weight is 440 g/mol. The van der Waals surface area contributed by atoms with Crippen molar-refractivity contribution in [1.29, 1.82) is 0 Å². The lowest BCUT2D eigenvalue weighted by Crippen LogP contribution is -2.48. The third-order valence-corrected chi connectivity index (χ3v) is 6.20. The van der Waals surface area contributed by atoms with Crippen molar-refractivity contribution in [2.45, 2.75) is 103 Å². The van der Waals surface area contributed by atoms with Crippen LogP contribution in [0.3, 0.4) is 0 Å². The van der Waals surface area contributed by atoms with Crippen LogP contribution in [0.2, 0.25) is 0 Å². The van der Waals surface area contributed by atoms with Crippen molar-refractivity contribution < 1.29 is 14.7 Å². The number of carboxylic acids is 1. The summed E-state index contributed by atoms with van der Waals surface area (Å²) in [7, 11) is 0. The Balaban J connectivity index is 1.56. The van der Waals surface area contributed by atoms with Gasteiger partial charge in [-0.2, -0.15) is 0 Å². The van der Waals surface area contributed by atoms with Crippen LogP contribution in [0.25, 0.3) is 0 Å². The van der Waals surface area contributed by atoms with Gasteiger partial charge in [0.1, 0.15) is 6.04 Å². The number of rotatable bonds is 15. The molecule has 1 aliphatic rings. The number of hydrogen-bond donors (Lipinski definition) is 1. The zero-order valence-electron chi connectivity index (χ0n) is 19.8. The largest absolute Gasteiger partial charge is 0.480 e. The minimum absolute atomic E-state index is 0.0300. The molecule has 32 heavy (non-hydrogen) atoms. The first-order chi connectivity index (χ1) is 15.6. The summed E-state index contributed by atoms with van der Waals surface area (Å²) in [5.74, 6) is -0.939. The highest BCUT2D eigenvalue weighted by Crippen LogP contribution is 2.24. The highest BCUT2D eigenvalue weighted by atomic mass is 16.4. The number of allylic oxidation sites excluding steroid dienone is 4. The van der Waals surface area contributed by atoms with Crippen molar-refractivity contribution in [2.24, 2.45) is 0 Å². The van der Waals surface area contributed by atoms with E-state index in [0.717, 1.165) is 43.2 Å². The molecule has 0 saturated heterocycles. The standard InChI is InChI=1S/C28H41NO3/c1-2-3-4-5-6-7-8-9-10-11-12-13-14-15-16-21-27(30)29-23-25-20-18-17-19-24(25)22-26(29)28(31)32/h6-7,9-10,17-20,26H,2-5,8,11-16,21-23H2,1H3,(H,31,32)/b7-6-,10-9-. The average Bonchev–Trinajstić information content (AvgIpc) is 2.80. The molecule has 0 aromatic heterocycles. The van der Waals surface area contributed by atoms with E-state index in [-0.39, 0.29) is 5.91 Å². The number of fused-ring (bicyclic) bond motifs is 1. The molecule has 0 bridgehead atoms. The van der Waals surface area contributed by atoms with Gasteiger partial charge in [-0.05, 0) is 49.7 Å². The number of carbonyl (C=O) groups excluding carboxylic acids is 1. The fourth-order valence-corrected chi connectivity index (χ4v) is 4.24. The Bertz CT molecular complexity index is 753. The van der Waals surface area contributed by atoms with Crippen molar-refractivity contribution in [3.05, 3.63) is 59.7 Å². The number of unbranched alkanes of at least 4 members (excludes halogenated alkanes) is 8. The van der Waals surface area contributed by atoms with Crippen LogP contribution in [-0.2, 0) is 22.6 Å². The van der Waals surface area contributed by atoms with Gasteiger partial charge in [-0.3, -0.25) is 4.79 Å². The van der Waals surface area contributed by atoms with E-state index in [2.05, 4.69) is 31.2 Å². The summed E-state index contributed by atoms with van der Waals surface area (Å²) in [5.41, 5.74) is 2.11. The summed E-state index contributed by atoms with van der Waals surface area (Å²) < 4.78 is 0. The maximum absolute atomic E-state index is 12.7. The van der Waals surface area contributed by atoms with E-state index < -0.39 is 12.0 Å². The molecule has 1 aliphatic heterocycles. The SMILES string of the molecule is CCCCC/C=C\C/C=C\CCCCCCCC(=O)N1Cc2ccccc2CC1C(=O)O. The number of carboxylic acid groups (broad SMARTS) is 1. The molecule has 1 aromatic rings. The van der Waals surface area contributed by atoms with Crippen molar-refractivity contribution >= 4 is 11.9 Å². The molecule has 4 heteroatoms. The molecule has 0 aliphatic carbocycles. The van der Waals surface area contributed by atoms with Crippen LogP contribution in [0.5, 0.6) is 0 Å². The molecule has 1 unspecified atom stereocenters. The Labute approximate surface area is 194 Å². The third-order valence-electron chi connectivity index (χ3n) is 6.20. The first kappa shape index (κ1) is 25.9. The van der Waals surface area contributed by atoms with Crippen LogP contribution < -0.4 is 0 Å². The second kappa shape index (κ2) is 15.4. The first-order valence-electron chi connectivity index (χ1n) is 12.5. The number of aliphatic carboxylic acids is 1. The lowest BCUT2D eigenvalue weighted by Gasteiger charge is -2.34. The van der Waals surface area contributed by atoms with Gasteiger partial charge >= 0.3 is 5.97 Å². The van der Waals surface area contributed by atoms with Gasteiger partial charge in [-0.1, -0.05) is 87.6 Å². The molecular weight excluding hydrogens is 398 g/mol. The van der Waals surface area contributed by atoms with E-state index in [1.807, 2.05) is 24.3 Å². The maximum atomic E-state index is 12.7. The van der Waals surface area contributed by atoms with E-state index >= 15 is 0 Å². The summed E-state index contributed by atoms with van der Waals surface area (Å²) in [6.45, 7) is 2.64. The van der Waals surface area contributed by atoms with Gasteiger partial charge in [0.05, 0.1) is 0 Å². The van der Waals surface area contributed by atoms with E-state index in [9.17, 15) is 14.7 Å². The molecule has 1 aromatic carbocycles. The summed E-state index contributed by atoms with van der Waals surface area (Å²) >= 11 is 0. The second-order valence-corrected chi connectivity index (χ2v) is 8.83. The number of carbonyl (C=O) groups is 2. The van der Waals surface area contributed by atoms with Gasteiger partial charge in [0.25, 0.3) is 0 Å². The van der Waals surface area contributed by atoms with Crippen LogP contribution in [-0.4, -0.2) is 27.9 Å². The van der Waals surface area contributed by atoms with E-state index in [1.165, 1.54) is 38.5 Å². The number of hydrogen-bond acceptors (Lipinski definition) is 2. The van der Waals surface area contributed by atoms with Gasteiger partial charge in [-0.15, -0.1) is 0 Å². The van der Waals surface area contributed by atoms with E-state index in [0.29, 0.717) is 19.4 Å². The van der Waals surface area contributed by atoms with Crippen LogP contribution in [0.15, 0.2) is 48.6 Å². The van der Waals surface area contributed by atoms with Crippen LogP contribution >= 0.6 is 0 Å². The zero-order chi connectivity index (χ0) is 23.0. The lowest BCUT2D eigenvalue weighted by molar-refractivity contribution is -0.151. The minimum Gasteiger partial charge on any atom is -0.480 e. The van der Waals surface area contributed by atoms with Gasteiger partial charge in [0.2, 0.25) is 5.91 Å². The Morgan fingerprint density at radius 2 is 1.53 bits per heavy atom. The fourth-order valence-electron chi connectivity index (χ4n) is 4.24. The smallest absolute Gasteiger partial charge is 0.326 e. The summed E-state index contributed by atoms with van der Waals surface area (Å²) in [4.78, 5) is 26.0. The Hall–Kier alpha value is -2.36. The van der Waals surface area contributed by atoms with E-state index in [4.69, 9.17) is 0 Å². The van der Waals surface area contributed by atoms with Gasteiger partial charge in [0, 0.05) is 19.4 Å². The predicted octanol–water partition coefficient (Wildman–Crippen LogP) is 6.84. The van der Waals surface area contributed by atoms with Crippen LogP contribution in [0.4, 0.5) is 0 Å². The molecule has 1 N–H and O–H groups in total. The van der Waals surface area contributed by atoms with Crippen molar-refractivity contribution in [2.75, 3.05) is 0 Å². The minimum atomic E-state index is -0.909. The quantitative estimate of drug-likeness (QED) is 0.240. The van der Waals surface area contributed by atoms with Gasteiger partial charge < -0.3 is 10.0 Å². The second-order valence-electron chi connectivity index (χ2n) is 8.83. The molecule has 0 saturated carbocycles. The summed E-state index contributed by atoms with van der Waals surface area (Å²) in [6.07, 6.45) is 22.6. The maximum Gasteiger partial charge on any atom is 0.326 e.